The molecule has 0 aromatic heterocycles. The number of rotatable bonds is 2. The van der Waals surface area contributed by atoms with Gasteiger partial charge in [-0.1, -0.05) is 20.3 Å². The summed E-state index contributed by atoms with van der Waals surface area (Å²) in [4.78, 5) is 11.7. The Hall–Kier alpha value is -0.410. The molecule has 2 unspecified atom stereocenters. The van der Waals surface area contributed by atoms with Crippen molar-refractivity contribution in [3.63, 3.8) is 0 Å². The summed E-state index contributed by atoms with van der Waals surface area (Å²) in [5.74, 6) is -0.228. The number of carbonyl (C=O) groups excluding carboxylic acids is 1. The first-order valence-corrected chi connectivity index (χ1v) is 5.00. The molecule has 1 fully saturated rings. The molecule has 0 aliphatic heterocycles. The molecule has 3 nitrogen and oxygen atoms in total. The second kappa shape index (κ2) is 3.76. The van der Waals surface area contributed by atoms with Crippen LogP contribution in [0.3, 0.4) is 0 Å². The lowest BCUT2D eigenvalue weighted by Gasteiger charge is -2.37. The van der Waals surface area contributed by atoms with Crippen molar-refractivity contribution >= 4 is 5.78 Å². The van der Waals surface area contributed by atoms with E-state index in [1.165, 1.54) is 0 Å². The van der Waals surface area contributed by atoms with Crippen LogP contribution in [0.1, 0.15) is 39.5 Å². The van der Waals surface area contributed by atoms with Crippen molar-refractivity contribution < 1.29 is 9.90 Å². The lowest BCUT2D eigenvalue weighted by Crippen LogP contribution is -2.57. The van der Waals surface area contributed by atoms with Crippen LogP contribution in [0.2, 0.25) is 0 Å². The quantitative estimate of drug-likeness (QED) is 0.670. The first-order valence-electron chi connectivity index (χ1n) is 5.00. The van der Waals surface area contributed by atoms with Crippen molar-refractivity contribution in [2.24, 2.45) is 11.7 Å². The Balaban J connectivity index is 2.77. The summed E-state index contributed by atoms with van der Waals surface area (Å²) in [7, 11) is 0. The van der Waals surface area contributed by atoms with E-state index >= 15 is 0 Å². The Morgan fingerprint density at radius 3 is 2.62 bits per heavy atom. The zero-order valence-corrected chi connectivity index (χ0v) is 8.42. The van der Waals surface area contributed by atoms with Crippen LogP contribution < -0.4 is 5.73 Å². The summed E-state index contributed by atoms with van der Waals surface area (Å²) < 4.78 is 0. The number of hydrogen-bond acceptors (Lipinski definition) is 3. The van der Waals surface area contributed by atoms with E-state index in [0.29, 0.717) is 6.42 Å². The summed E-state index contributed by atoms with van der Waals surface area (Å²) in [6.45, 7) is 3.61. The third-order valence-electron chi connectivity index (χ3n) is 2.89. The molecule has 3 heteroatoms. The Bertz CT molecular complexity index is 203. The first kappa shape index (κ1) is 10.7. The normalized spacial score (nSPS) is 35.0. The number of nitrogens with two attached hydrogens (primary N) is 1. The van der Waals surface area contributed by atoms with Gasteiger partial charge in [0.2, 0.25) is 0 Å². The van der Waals surface area contributed by atoms with E-state index in [1.54, 1.807) is 0 Å². The molecule has 0 radical (unpaired) electrons. The average molecular weight is 185 g/mol. The zero-order chi connectivity index (χ0) is 10.1. The molecule has 0 heterocycles. The van der Waals surface area contributed by atoms with Gasteiger partial charge in [-0.05, 0) is 19.3 Å². The molecule has 3 N–H and O–H groups in total. The molecule has 76 valence electrons. The largest absolute Gasteiger partial charge is 0.380 e. The minimum atomic E-state index is -1.24. The van der Waals surface area contributed by atoms with E-state index in [0.717, 1.165) is 19.3 Å². The average Bonchev–Trinajstić information content (AvgIpc) is 2.09. The topological polar surface area (TPSA) is 63.3 Å². The maximum Gasteiger partial charge on any atom is 0.168 e. The number of Topliss-reactive ketones (excluding diaryl/α,β-unsaturated/α-hetero) is 1. The van der Waals surface area contributed by atoms with Crippen molar-refractivity contribution in [3.8, 4) is 0 Å². The Morgan fingerprint density at radius 1 is 1.54 bits per heavy atom. The maximum absolute atomic E-state index is 11.7. The third kappa shape index (κ3) is 1.92. The molecular weight excluding hydrogens is 166 g/mol. The van der Waals surface area contributed by atoms with E-state index in [4.69, 9.17) is 5.73 Å². The molecule has 0 aromatic carbocycles. The monoisotopic (exact) mass is 185 g/mol. The molecule has 0 bridgehead atoms. The standard InChI is InChI=1S/C10H19NO2/c1-7(2)9(12)10(13)6-4-3-5-8(10)11/h7-8,13H,3-6,11H2,1-2H3. The molecule has 1 rings (SSSR count). The van der Waals surface area contributed by atoms with Gasteiger partial charge in [-0.15, -0.1) is 0 Å². The van der Waals surface area contributed by atoms with Gasteiger partial charge in [0.05, 0.1) is 0 Å². The second-order valence-corrected chi connectivity index (χ2v) is 4.30. The van der Waals surface area contributed by atoms with Crippen LogP contribution in [0.4, 0.5) is 0 Å². The van der Waals surface area contributed by atoms with Crippen LogP contribution in [0.15, 0.2) is 0 Å². The van der Waals surface area contributed by atoms with Crippen molar-refractivity contribution in [1.82, 2.24) is 0 Å². The van der Waals surface area contributed by atoms with Crippen LogP contribution in [-0.2, 0) is 4.79 Å². The molecule has 1 aliphatic rings. The minimum absolute atomic E-state index is 0.0975. The molecule has 0 amide bonds. The van der Waals surface area contributed by atoms with Crippen molar-refractivity contribution in [2.45, 2.75) is 51.2 Å². The minimum Gasteiger partial charge on any atom is -0.380 e. The predicted molar refractivity (Wildman–Crippen MR) is 51.2 cm³/mol. The van der Waals surface area contributed by atoms with Gasteiger partial charge in [0, 0.05) is 12.0 Å². The van der Waals surface area contributed by atoms with E-state index in [9.17, 15) is 9.90 Å². The summed E-state index contributed by atoms with van der Waals surface area (Å²) in [6, 6.07) is -0.365. The Morgan fingerprint density at radius 2 is 2.15 bits per heavy atom. The van der Waals surface area contributed by atoms with Gasteiger partial charge in [-0.2, -0.15) is 0 Å². The molecule has 0 spiro atoms. The number of ketones is 1. The highest BCUT2D eigenvalue weighted by Gasteiger charge is 2.43. The van der Waals surface area contributed by atoms with E-state index in [-0.39, 0.29) is 17.7 Å². The van der Waals surface area contributed by atoms with Gasteiger partial charge < -0.3 is 10.8 Å². The van der Waals surface area contributed by atoms with Crippen LogP contribution in [0.5, 0.6) is 0 Å². The first-order chi connectivity index (χ1) is 5.98. The molecule has 0 saturated heterocycles. The fourth-order valence-corrected chi connectivity index (χ4v) is 1.99. The SMILES string of the molecule is CC(C)C(=O)C1(O)CCCCC1N. The molecule has 0 aromatic rings. The van der Waals surface area contributed by atoms with Gasteiger partial charge in [-0.25, -0.2) is 0 Å². The van der Waals surface area contributed by atoms with Crippen LogP contribution in [-0.4, -0.2) is 22.5 Å². The van der Waals surface area contributed by atoms with E-state index < -0.39 is 5.60 Å². The maximum atomic E-state index is 11.7. The number of hydrogen-bond donors (Lipinski definition) is 2. The third-order valence-corrected chi connectivity index (χ3v) is 2.89. The molecule has 1 aliphatic carbocycles. The highest BCUT2D eigenvalue weighted by Crippen LogP contribution is 2.30. The smallest absolute Gasteiger partial charge is 0.168 e. The van der Waals surface area contributed by atoms with Crippen molar-refractivity contribution in [2.75, 3.05) is 0 Å². The Labute approximate surface area is 79.3 Å². The lowest BCUT2D eigenvalue weighted by molar-refractivity contribution is -0.145. The molecule has 2 atom stereocenters. The van der Waals surface area contributed by atoms with Crippen LogP contribution >= 0.6 is 0 Å². The van der Waals surface area contributed by atoms with Gasteiger partial charge >= 0.3 is 0 Å². The van der Waals surface area contributed by atoms with E-state index in [1.807, 2.05) is 13.8 Å². The highest BCUT2D eigenvalue weighted by molar-refractivity contribution is 5.89. The fraction of sp³-hybridized carbons (Fsp3) is 0.900. The summed E-state index contributed by atoms with van der Waals surface area (Å²) >= 11 is 0. The zero-order valence-electron chi connectivity index (χ0n) is 8.42. The summed E-state index contributed by atoms with van der Waals surface area (Å²) in [5, 5.41) is 10.1. The Kier molecular flexibility index (Phi) is 3.09. The lowest BCUT2D eigenvalue weighted by atomic mass is 9.75. The van der Waals surface area contributed by atoms with Crippen LogP contribution in [0, 0.1) is 5.92 Å². The number of aliphatic hydroxyl groups is 1. The van der Waals surface area contributed by atoms with Gasteiger partial charge in [0.25, 0.3) is 0 Å². The molecule has 1 saturated carbocycles. The van der Waals surface area contributed by atoms with E-state index in [2.05, 4.69) is 0 Å². The number of carbonyl (C=O) groups is 1. The van der Waals surface area contributed by atoms with Gasteiger partial charge in [0.15, 0.2) is 5.78 Å². The van der Waals surface area contributed by atoms with Crippen LogP contribution in [0.25, 0.3) is 0 Å². The fourth-order valence-electron chi connectivity index (χ4n) is 1.99. The second-order valence-electron chi connectivity index (χ2n) is 4.30. The van der Waals surface area contributed by atoms with Crippen molar-refractivity contribution in [3.05, 3.63) is 0 Å². The van der Waals surface area contributed by atoms with Crippen molar-refractivity contribution in [1.29, 1.82) is 0 Å². The highest BCUT2D eigenvalue weighted by atomic mass is 16.3. The summed E-state index contributed by atoms with van der Waals surface area (Å²) in [6.07, 6.45) is 3.22. The van der Waals surface area contributed by atoms with Gasteiger partial charge in [0.1, 0.15) is 5.60 Å². The molecular formula is C10H19NO2. The molecule has 13 heavy (non-hydrogen) atoms. The van der Waals surface area contributed by atoms with Gasteiger partial charge in [-0.3, -0.25) is 4.79 Å². The summed E-state index contributed by atoms with van der Waals surface area (Å²) in [5.41, 5.74) is 4.54. The predicted octanol–water partition coefficient (Wildman–Crippen LogP) is 0.844.